The zero-order valence-electron chi connectivity index (χ0n) is 16.6. The van der Waals surface area contributed by atoms with Gasteiger partial charge in [0.2, 0.25) is 11.8 Å². The second-order valence-electron chi connectivity index (χ2n) is 7.78. The lowest BCUT2D eigenvalue weighted by molar-refractivity contribution is -0.131. The van der Waals surface area contributed by atoms with E-state index in [9.17, 15) is 9.59 Å². The molecule has 0 spiro atoms. The van der Waals surface area contributed by atoms with Crippen LogP contribution in [0.15, 0.2) is 0 Å². The monoisotopic (exact) mass is 358 g/mol. The van der Waals surface area contributed by atoms with Crippen LogP contribution in [0.25, 0.3) is 0 Å². The molecule has 148 valence electrons. The van der Waals surface area contributed by atoms with Crippen molar-refractivity contribution in [1.29, 1.82) is 0 Å². The summed E-state index contributed by atoms with van der Waals surface area (Å²) in [5, 5.41) is 5.85. The number of amides is 2. The summed E-state index contributed by atoms with van der Waals surface area (Å²) in [7, 11) is 1.72. The Hall–Kier alpha value is -1.18. The Morgan fingerprint density at radius 2 is 1.76 bits per heavy atom. The molecule has 0 aromatic rings. The van der Waals surface area contributed by atoms with Crippen molar-refractivity contribution in [2.75, 3.05) is 26.7 Å². The van der Waals surface area contributed by atoms with Crippen LogP contribution in [0.2, 0.25) is 0 Å². The number of carbonyl (C=O) groups is 2. The number of likely N-dealkylation sites (N-methyl/N-ethyl adjacent to an activating group) is 1. The first-order chi connectivity index (χ1) is 11.6. The van der Waals surface area contributed by atoms with Crippen molar-refractivity contribution in [3.8, 4) is 0 Å². The van der Waals surface area contributed by atoms with Crippen LogP contribution in [0.3, 0.4) is 0 Å². The molecular weight excluding hydrogens is 320 g/mol. The third kappa shape index (κ3) is 10.4. The van der Waals surface area contributed by atoms with Crippen molar-refractivity contribution in [3.63, 3.8) is 0 Å². The molecule has 7 nitrogen and oxygen atoms in total. The molecule has 1 atom stereocenters. The summed E-state index contributed by atoms with van der Waals surface area (Å²) in [5.41, 5.74) is 10.1. The quantitative estimate of drug-likeness (QED) is 0.344. The fourth-order valence-corrected chi connectivity index (χ4v) is 2.46. The van der Waals surface area contributed by atoms with Gasteiger partial charge in [-0.2, -0.15) is 0 Å². The van der Waals surface area contributed by atoms with Gasteiger partial charge in [-0.05, 0) is 59.5 Å². The molecule has 7 heteroatoms. The highest BCUT2D eigenvalue weighted by Crippen LogP contribution is 2.23. The predicted octanol–water partition coefficient (Wildman–Crippen LogP) is 0.907. The standard InChI is InChI=1S/C18H38N4O3/c1-17(2,10-13-25-18(3,4)9-11-19)16(24)22-12-7-6-8-14(21-5)15(20)23/h14,21H,6-13,19H2,1-5H3,(H2,20,23)(H,22,24). The van der Waals surface area contributed by atoms with E-state index in [1.165, 1.54) is 0 Å². The topological polar surface area (TPSA) is 119 Å². The summed E-state index contributed by atoms with van der Waals surface area (Å²) in [5.74, 6) is -0.321. The maximum Gasteiger partial charge on any atom is 0.234 e. The van der Waals surface area contributed by atoms with E-state index in [0.29, 0.717) is 32.5 Å². The Kier molecular flexibility index (Phi) is 10.9. The van der Waals surface area contributed by atoms with E-state index in [1.54, 1.807) is 7.05 Å². The molecule has 0 saturated carbocycles. The lowest BCUT2D eigenvalue weighted by Crippen LogP contribution is -2.40. The predicted molar refractivity (Wildman–Crippen MR) is 101 cm³/mol. The van der Waals surface area contributed by atoms with Gasteiger partial charge in [-0.25, -0.2) is 0 Å². The number of nitrogens with one attached hydrogen (secondary N) is 2. The van der Waals surface area contributed by atoms with Crippen LogP contribution < -0.4 is 22.1 Å². The van der Waals surface area contributed by atoms with Gasteiger partial charge >= 0.3 is 0 Å². The van der Waals surface area contributed by atoms with Crippen molar-refractivity contribution in [3.05, 3.63) is 0 Å². The molecular formula is C18H38N4O3. The van der Waals surface area contributed by atoms with Crippen molar-refractivity contribution >= 4 is 11.8 Å². The molecule has 6 N–H and O–H groups in total. The van der Waals surface area contributed by atoms with Crippen LogP contribution in [0, 0.1) is 5.41 Å². The molecule has 1 unspecified atom stereocenters. The van der Waals surface area contributed by atoms with Crippen molar-refractivity contribution < 1.29 is 14.3 Å². The minimum atomic E-state index is -0.487. The lowest BCUT2D eigenvalue weighted by Gasteiger charge is -2.28. The van der Waals surface area contributed by atoms with Crippen LogP contribution in [-0.2, 0) is 14.3 Å². The highest BCUT2D eigenvalue weighted by Gasteiger charge is 2.28. The van der Waals surface area contributed by atoms with Crippen LogP contribution in [0.4, 0.5) is 0 Å². The molecule has 0 heterocycles. The average molecular weight is 359 g/mol. The van der Waals surface area contributed by atoms with Crippen LogP contribution in [-0.4, -0.2) is 50.2 Å². The fourth-order valence-electron chi connectivity index (χ4n) is 2.46. The van der Waals surface area contributed by atoms with E-state index >= 15 is 0 Å². The Morgan fingerprint density at radius 1 is 1.12 bits per heavy atom. The van der Waals surface area contributed by atoms with E-state index < -0.39 is 5.41 Å². The molecule has 0 aromatic heterocycles. The van der Waals surface area contributed by atoms with Crippen LogP contribution in [0.1, 0.15) is 59.8 Å². The second kappa shape index (κ2) is 11.4. The van der Waals surface area contributed by atoms with Gasteiger partial charge < -0.3 is 26.8 Å². The van der Waals surface area contributed by atoms with Gasteiger partial charge in [0.05, 0.1) is 11.6 Å². The molecule has 0 rings (SSSR count). The Bertz CT molecular complexity index is 411. The molecule has 0 saturated heterocycles. The van der Waals surface area contributed by atoms with E-state index in [1.807, 2.05) is 27.7 Å². The number of ether oxygens (including phenoxy) is 1. The minimum absolute atomic E-state index is 0.0211. The Balaban J connectivity index is 4.05. The highest BCUT2D eigenvalue weighted by molar-refractivity contribution is 5.81. The number of carbonyl (C=O) groups excluding carboxylic acids is 2. The van der Waals surface area contributed by atoms with Gasteiger partial charge in [-0.15, -0.1) is 0 Å². The fraction of sp³-hybridized carbons (Fsp3) is 0.889. The molecule has 0 aliphatic heterocycles. The summed E-state index contributed by atoms with van der Waals surface area (Å²) in [6, 6.07) is -0.304. The van der Waals surface area contributed by atoms with E-state index in [-0.39, 0.29) is 23.5 Å². The number of rotatable bonds is 14. The first-order valence-electron chi connectivity index (χ1n) is 9.14. The Labute approximate surface area is 152 Å². The van der Waals surface area contributed by atoms with Gasteiger partial charge in [0.15, 0.2) is 0 Å². The van der Waals surface area contributed by atoms with Crippen molar-refractivity contribution in [2.24, 2.45) is 16.9 Å². The van der Waals surface area contributed by atoms with E-state index in [0.717, 1.165) is 19.3 Å². The summed E-state index contributed by atoms with van der Waals surface area (Å²) in [4.78, 5) is 23.5. The summed E-state index contributed by atoms with van der Waals surface area (Å²) in [6.07, 6.45) is 3.75. The van der Waals surface area contributed by atoms with E-state index in [2.05, 4.69) is 10.6 Å². The zero-order valence-corrected chi connectivity index (χ0v) is 16.6. The van der Waals surface area contributed by atoms with Crippen LogP contribution in [0.5, 0.6) is 0 Å². The normalized spacial score (nSPS) is 13.5. The SMILES string of the molecule is CNC(CCCCNC(=O)C(C)(C)CCOC(C)(C)CCN)C(N)=O. The number of primary amides is 1. The zero-order chi connectivity index (χ0) is 19.5. The largest absolute Gasteiger partial charge is 0.375 e. The number of nitrogens with two attached hydrogens (primary N) is 2. The molecule has 25 heavy (non-hydrogen) atoms. The number of hydrogen-bond acceptors (Lipinski definition) is 5. The smallest absolute Gasteiger partial charge is 0.234 e. The first-order valence-corrected chi connectivity index (χ1v) is 9.14. The minimum Gasteiger partial charge on any atom is -0.375 e. The maximum atomic E-state index is 12.3. The average Bonchev–Trinajstić information content (AvgIpc) is 2.49. The third-order valence-electron chi connectivity index (χ3n) is 4.48. The second-order valence-corrected chi connectivity index (χ2v) is 7.78. The van der Waals surface area contributed by atoms with Gasteiger partial charge in [0.1, 0.15) is 0 Å². The molecule has 0 radical (unpaired) electrons. The summed E-state index contributed by atoms with van der Waals surface area (Å²) in [6.45, 7) is 9.57. The van der Waals surface area contributed by atoms with Crippen molar-refractivity contribution in [2.45, 2.75) is 71.4 Å². The van der Waals surface area contributed by atoms with Crippen LogP contribution >= 0.6 is 0 Å². The molecule has 0 aliphatic rings. The molecule has 0 fully saturated rings. The van der Waals surface area contributed by atoms with Crippen molar-refractivity contribution in [1.82, 2.24) is 10.6 Å². The summed E-state index contributed by atoms with van der Waals surface area (Å²) < 4.78 is 5.85. The van der Waals surface area contributed by atoms with Gasteiger partial charge in [0, 0.05) is 18.6 Å². The molecule has 0 aliphatic carbocycles. The number of unbranched alkanes of at least 4 members (excludes halogenated alkanes) is 1. The van der Waals surface area contributed by atoms with Gasteiger partial charge in [-0.3, -0.25) is 9.59 Å². The van der Waals surface area contributed by atoms with Gasteiger partial charge in [-0.1, -0.05) is 13.8 Å². The Morgan fingerprint density at radius 3 is 2.28 bits per heavy atom. The third-order valence-corrected chi connectivity index (χ3v) is 4.48. The molecule has 0 aromatic carbocycles. The molecule has 0 bridgehead atoms. The first kappa shape index (κ1) is 23.8. The lowest BCUT2D eigenvalue weighted by atomic mass is 9.88. The summed E-state index contributed by atoms with van der Waals surface area (Å²) >= 11 is 0. The number of hydrogen-bond donors (Lipinski definition) is 4. The maximum absolute atomic E-state index is 12.3. The van der Waals surface area contributed by atoms with E-state index in [4.69, 9.17) is 16.2 Å². The molecule has 2 amide bonds. The van der Waals surface area contributed by atoms with Gasteiger partial charge in [0.25, 0.3) is 0 Å². The highest BCUT2D eigenvalue weighted by atomic mass is 16.5.